The molecular formula is C24H30BrClN2O3. The summed E-state index contributed by atoms with van der Waals surface area (Å²) in [6.07, 6.45) is 1.73. The molecule has 2 rings (SSSR count). The predicted octanol–water partition coefficient (Wildman–Crippen LogP) is 5.38. The van der Waals surface area contributed by atoms with E-state index in [4.69, 9.17) is 16.3 Å². The SMILES string of the molecule is CCc1ccc(OCC(=O)N(Cc2ccc(Cl)cc2)[C@@H](C)C(=O)N[C@H](C)CC)c(Br)c1. The highest BCUT2D eigenvalue weighted by Crippen LogP contribution is 2.26. The maximum absolute atomic E-state index is 13.1. The first-order chi connectivity index (χ1) is 14.7. The molecule has 0 unspecified atom stereocenters. The van der Waals surface area contributed by atoms with Gasteiger partial charge in [-0.15, -0.1) is 0 Å². The van der Waals surface area contributed by atoms with Gasteiger partial charge >= 0.3 is 0 Å². The number of carbonyl (C=O) groups is 2. The van der Waals surface area contributed by atoms with E-state index >= 15 is 0 Å². The molecule has 168 valence electrons. The highest BCUT2D eigenvalue weighted by atomic mass is 79.9. The summed E-state index contributed by atoms with van der Waals surface area (Å²) in [7, 11) is 0. The molecule has 0 fully saturated rings. The Labute approximate surface area is 198 Å². The Morgan fingerprint density at radius 2 is 1.74 bits per heavy atom. The molecule has 2 aromatic rings. The van der Waals surface area contributed by atoms with Crippen molar-refractivity contribution in [3.05, 3.63) is 63.1 Å². The molecule has 0 saturated carbocycles. The van der Waals surface area contributed by atoms with Gasteiger partial charge in [-0.05, 0) is 78.0 Å². The molecule has 0 aromatic heterocycles. The number of carbonyl (C=O) groups excluding carboxylic acids is 2. The molecule has 0 bridgehead atoms. The Kier molecular flexibility index (Phi) is 9.85. The van der Waals surface area contributed by atoms with Gasteiger partial charge < -0.3 is 15.0 Å². The maximum Gasteiger partial charge on any atom is 0.261 e. The normalized spacial score (nSPS) is 12.7. The minimum atomic E-state index is -0.647. The van der Waals surface area contributed by atoms with E-state index in [9.17, 15) is 9.59 Å². The van der Waals surface area contributed by atoms with Crippen LogP contribution in [0.2, 0.25) is 5.02 Å². The number of hydrogen-bond donors (Lipinski definition) is 1. The Morgan fingerprint density at radius 3 is 2.32 bits per heavy atom. The quantitative estimate of drug-likeness (QED) is 0.468. The van der Waals surface area contributed by atoms with Gasteiger partial charge in [0.2, 0.25) is 5.91 Å². The van der Waals surface area contributed by atoms with Crippen molar-refractivity contribution < 1.29 is 14.3 Å². The van der Waals surface area contributed by atoms with E-state index in [1.54, 1.807) is 19.1 Å². The van der Waals surface area contributed by atoms with Crippen molar-refractivity contribution in [2.75, 3.05) is 6.61 Å². The molecule has 0 aliphatic heterocycles. The van der Waals surface area contributed by atoms with Gasteiger partial charge in [0.15, 0.2) is 6.61 Å². The third kappa shape index (κ3) is 7.54. The van der Waals surface area contributed by atoms with Crippen molar-refractivity contribution >= 4 is 39.3 Å². The lowest BCUT2D eigenvalue weighted by molar-refractivity contribution is -0.142. The van der Waals surface area contributed by atoms with Gasteiger partial charge in [-0.1, -0.05) is 43.6 Å². The molecule has 2 aromatic carbocycles. The molecule has 0 spiro atoms. The van der Waals surface area contributed by atoms with Gasteiger partial charge in [0.1, 0.15) is 11.8 Å². The standard InChI is InChI=1S/C24H30BrClN2O3/c1-5-16(3)27-24(30)17(4)28(14-19-7-10-20(26)11-8-19)23(29)15-31-22-12-9-18(6-2)13-21(22)25/h7-13,16-17H,5-6,14-15H2,1-4H3,(H,27,30)/t16-,17+/m1/s1. The number of benzene rings is 2. The molecule has 0 heterocycles. The van der Waals surface area contributed by atoms with Crippen LogP contribution in [0.1, 0.15) is 45.2 Å². The Hall–Kier alpha value is -2.05. The van der Waals surface area contributed by atoms with E-state index in [0.29, 0.717) is 10.8 Å². The van der Waals surface area contributed by atoms with Crippen molar-refractivity contribution in [2.45, 2.75) is 59.2 Å². The fraction of sp³-hybridized carbons (Fsp3) is 0.417. The van der Waals surface area contributed by atoms with Crippen LogP contribution in [-0.2, 0) is 22.6 Å². The van der Waals surface area contributed by atoms with Gasteiger partial charge in [0, 0.05) is 17.6 Å². The average molecular weight is 510 g/mol. The summed E-state index contributed by atoms with van der Waals surface area (Å²) in [6.45, 7) is 7.87. The van der Waals surface area contributed by atoms with Gasteiger partial charge in [-0.3, -0.25) is 9.59 Å². The van der Waals surface area contributed by atoms with Gasteiger partial charge in [-0.2, -0.15) is 0 Å². The fourth-order valence-electron chi connectivity index (χ4n) is 2.94. The van der Waals surface area contributed by atoms with Crippen LogP contribution in [0.25, 0.3) is 0 Å². The van der Waals surface area contributed by atoms with E-state index in [-0.39, 0.29) is 31.0 Å². The summed E-state index contributed by atoms with van der Waals surface area (Å²) in [5.41, 5.74) is 2.06. The third-order valence-corrected chi connectivity index (χ3v) is 6.06. The lowest BCUT2D eigenvalue weighted by Crippen LogP contribution is -2.50. The zero-order valence-corrected chi connectivity index (χ0v) is 20.8. The molecule has 31 heavy (non-hydrogen) atoms. The number of hydrogen-bond acceptors (Lipinski definition) is 3. The Morgan fingerprint density at radius 1 is 1.10 bits per heavy atom. The van der Waals surface area contributed by atoms with Crippen molar-refractivity contribution in [3.63, 3.8) is 0 Å². The number of aryl methyl sites for hydroxylation is 1. The predicted molar refractivity (Wildman–Crippen MR) is 128 cm³/mol. The van der Waals surface area contributed by atoms with Crippen molar-refractivity contribution in [1.29, 1.82) is 0 Å². The lowest BCUT2D eigenvalue weighted by Gasteiger charge is -2.29. The summed E-state index contributed by atoms with van der Waals surface area (Å²) in [6, 6.07) is 12.4. The number of amides is 2. The molecule has 0 aliphatic rings. The van der Waals surface area contributed by atoms with Crippen LogP contribution in [0, 0.1) is 0 Å². The van der Waals surface area contributed by atoms with E-state index in [1.165, 1.54) is 10.5 Å². The number of ether oxygens (including phenoxy) is 1. The molecule has 7 heteroatoms. The topological polar surface area (TPSA) is 58.6 Å². The molecule has 2 atom stereocenters. The summed E-state index contributed by atoms with van der Waals surface area (Å²) >= 11 is 9.48. The second-order valence-electron chi connectivity index (χ2n) is 7.55. The maximum atomic E-state index is 13.1. The Balaban J connectivity index is 2.16. The fourth-order valence-corrected chi connectivity index (χ4v) is 3.61. The van der Waals surface area contributed by atoms with E-state index in [2.05, 4.69) is 28.2 Å². The van der Waals surface area contributed by atoms with Gasteiger partial charge in [0.25, 0.3) is 5.91 Å². The smallest absolute Gasteiger partial charge is 0.261 e. The number of rotatable bonds is 10. The molecule has 0 aliphatic carbocycles. The molecular weight excluding hydrogens is 480 g/mol. The third-order valence-electron chi connectivity index (χ3n) is 5.19. The Bertz CT molecular complexity index is 889. The summed E-state index contributed by atoms with van der Waals surface area (Å²) < 4.78 is 6.57. The second kappa shape index (κ2) is 12.1. The second-order valence-corrected chi connectivity index (χ2v) is 8.84. The van der Waals surface area contributed by atoms with Crippen LogP contribution in [0.4, 0.5) is 0 Å². The first-order valence-electron chi connectivity index (χ1n) is 10.5. The number of nitrogens with zero attached hydrogens (tertiary/aromatic N) is 1. The van der Waals surface area contributed by atoms with Crippen LogP contribution >= 0.6 is 27.5 Å². The largest absolute Gasteiger partial charge is 0.483 e. The minimum Gasteiger partial charge on any atom is -0.483 e. The lowest BCUT2D eigenvalue weighted by atomic mass is 10.1. The zero-order chi connectivity index (χ0) is 23.0. The zero-order valence-electron chi connectivity index (χ0n) is 18.5. The molecule has 1 N–H and O–H groups in total. The van der Waals surface area contributed by atoms with Gasteiger partial charge in [0.05, 0.1) is 4.47 Å². The van der Waals surface area contributed by atoms with Gasteiger partial charge in [-0.25, -0.2) is 0 Å². The molecule has 0 saturated heterocycles. The number of halogens is 2. The van der Waals surface area contributed by atoms with Crippen molar-refractivity contribution in [1.82, 2.24) is 10.2 Å². The summed E-state index contributed by atoms with van der Waals surface area (Å²) in [4.78, 5) is 27.4. The highest BCUT2D eigenvalue weighted by molar-refractivity contribution is 9.10. The monoisotopic (exact) mass is 508 g/mol. The van der Waals surface area contributed by atoms with E-state index < -0.39 is 6.04 Å². The molecule has 5 nitrogen and oxygen atoms in total. The summed E-state index contributed by atoms with van der Waals surface area (Å²) in [5.74, 6) is 0.132. The number of nitrogens with one attached hydrogen (secondary N) is 1. The van der Waals surface area contributed by atoms with Crippen LogP contribution < -0.4 is 10.1 Å². The van der Waals surface area contributed by atoms with Crippen LogP contribution in [0.3, 0.4) is 0 Å². The summed E-state index contributed by atoms with van der Waals surface area (Å²) in [5, 5.41) is 3.57. The minimum absolute atomic E-state index is 0.0340. The van der Waals surface area contributed by atoms with E-state index in [0.717, 1.165) is 22.9 Å². The van der Waals surface area contributed by atoms with Crippen molar-refractivity contribution in [2.24, 2.45) is 0 Å². The molecule has 2 amide bonds. The first kappa shape index (κ1) is 25.2. The molecule has 0 radical (unpaired) electrons. The highest BCUT2D eigenvalue weighted by Gasteiger charge is 2.27. The van der Waals surface area contributed by atoms with Crippen LogP contribution in [0.15, 0.2) is 46.9 Å². The first-order valence-corrected chi connectivity index (χ1v) is 11.7. The van der Waals surface area contributed by atoms with Crippen LogP contribution in [-0.4, -0.2) is 35.4 Å². The van der Waals surface area contributed by atoms with Crippen LogP contribution in [0.5, 0.6) is 5.75 Å². The van der Waals surface area contributed by atoms with Crippen molar-refractivity contribution in [3.8, 4) is 5.75 Å². The average Bonchev–Trinajstić information content (AvgIpc) is 2.76. The van der Waals surface area contributed by atoms with E-state index in [1.807, 2.05) is 44.2 Å².